The summed E-state index contributed by atoms with van der Waals surface area (Å²) in [5, 5.41) is 10.5. The summed E-state index contributed by atoms with van der Waals surface area (Å²) in [5.74, 6) is -0.619. The Hall–Kier alpha value is -1.29. The number of aliphatic hydroxyl groups excluding tert-OH is 1. The first kappa shape index (κ1) is 36.4. The number of aliphatic hydroxyl groups is 1. The van der Waals surface area contributed by atoms with Crippen LogP contribution >= 0.6 is 0 Å². The standard InChI is InChI=1S/C40H59NO11/c1-19-11-24-5-7-28-20(2)12-26(45-28)9-10-40-17-33-36(51-40)37-38(50-33)39(52-40)35-29(49-37)8-6-25(47-35)13-22(42)14-27-31(16-30(46-24)21(19)3)48-32(34(27)44-4)15-23(43)18-41/h19,23-39,43H,2-3,5-18,41H2,1,4H3/t19-,23+,24+,25-,26+,27?,28?,29?,30?,31+,32-,33+,34-,35?,36?,37+,38-,39+,40+/m1/s1. The van der Waals surface area contributed by atoms with E-state index >= 15 is 0 Å². The summed E-state index contributed by atoms with van der Waals surface area (Å²) in [4.78, 5) is 14.1. The summed E-state index contributed by atoms with van der Waals surface area (Å²) in [6, 6.07) is 0. The lowest BCUT2D eigenvalue weighted by molar-refractivity contribution is -0.292. The molecule has 19 atom stereocenters. The third-order valence-corrected chi connectivity index (χ3v) is 14.0. The summed E-state index contributed by atoms with van der Waals surface area (Å²) in [7, 11) is 1.66. The van der Waals surface area contributed by atoms with Crippen LogP contribution in [0.1, 0.15) is 90.4 Å². The fraction of sp³-hybridized carbons (Fsp3) is 0.875. The number of nitrogens with two attached hydrogens (primary N) is 1. The molecular weight excluding hydrogens is 670 g/mol. The van der Waals surface area contributed by atoms with E-state index in [1.807, 2.05) is 0 Å². The zero-order valence-electron chi connectivity index (χ0n) is 30.8. The fourth-order valence-electron chi connectivity index (χ4n) is 11.3. The highest BCUT2D eigenvalue weighted by molar-refractivity contribution is 5.79. The van der Waals surface area contributed by atoms with E-state index in [0.717, 1.165) is 56.1 Å². The maximum atomic E-state index is 14.1. The molecule has 12 heteroatoms. The summed E-state index contributed by atoms with van der Waals surface area (Å²) in [6.07, 6.45) is 4.85. The highest BCUT2D eigenvalue weighted by Crippen LogP contribution is 2.54. The Labute approximate surface area is 307 Å². The average molecular weight is 730 g/mol. The van der Waals surface area contributed by atoms with Crippen LogP contribution in [-0.2, 0) is 47.4 Å². The Morgan fingerprint density at radius 1 is 0.808 bits per heavy atom. The van der Waals surface area contributed by atoms with Crippen LogP contribution in [0, 0.1) is 11.8 Å². The first-order chi connectivity index (χ1) is 25.1. The van der Waals surface area contributed by atoms with Crippen molar-refractivity contribution < 1.29 is 52.5 Å². The van der Waals surface area contributed by atoms with Crippen LogP contribution < -0.4 is 5.73 Å². The lowest BCUT2D eigenvalue weighted by Crippen LogP contribution is -2.61. The third-order valence-electron chi connectivity index (χ3n) is 14.0. The Morgan fingerprint density at radius 3 is 2.38 bits per heavy atom. The molecule has 1 spiro atoms. The van der Waals surface area contributed by atoms with Gasteiger partial charge in [0.1, 0.15) is 36.3 Å². The number of Topliss-reactive ketones (excluding diaryl/α,β-unsaturated/α-hetero) is 1. The number of fused-ring (bicyclic) bond motifs is 6. The predicted molar refractivity (Wildman–Crippen MR) is 186 cm³/mol. The van der Waals surface area contributed by atoms with Crippen LogP contribution in [0.2, 0.25) is 0 Å². The van der Waals surface area contributed by atoms with Crippen LogP contribution in [0.15, 0.2) is 24.3 Å². The zero-order chi connectivity index (χ0) is 35.9. The van der Waals surface area contributed by atoms with Gasteiger partial charge in [0.15, 0.2) is 5.79 Å². The minimum absolute atomic E-state index is 0.0158. The molecule has 0 amide bonds. The van der Waals surface area contributed by atoms with Gasteiger partial charge in [0, 0.05) is 58.1 Å². The highest BCUT2D eigenvalue weighted by atomic mass is 16.8. The fourth-order valence-corrected chi connectivity index (χ4v) is 11.3. The lowest BCUT2D eigenvalue weighted by Gasteiger charge is -2.47. The van der Waals surface area contributed by atoms with E-state index in [1.165, 1.54) is 0 Å². The Kier molecular flexibility index (Phi) is 10.0. The molecule has 52 heavy (non-hydrogen) atoms. The molecule has 10 aliphatic heterocycles. The topological polar surface area (TPSA) is 146 Å². The van der Waals surface area contributed by atoms with Gasteiger partial charge in [-0.25, -0.2) is 0 Å². The molecule has 3 N–H and O–H groups in total. The molecular formula is C40H59NO11. The molecule has 0 aromatic heterocycles. The van der Waals surface area contributed by atoms with Gasteiger partial charge in [-0.1, -0.05) is 20.1 Å². The van der Waals surface area contributed by atoms with Gasteiger partial charge in [0.2, 0.25) is 0 Å². The van der Waals surface area contributed by atoms with Gasteiger partial charge in [-0.3, -0.25) is 4.79 Å². The van der Waals surface area contributed by atoms with E-state index in [1.54, 1.807) is 7.11 Å². The number of carbonyl (C=O) groups excluding carboxylic acids is 1. The molecule has 10 aliphatic rings. The SMILES string of the molecule is C=C1C[C@@H]2CC[C@@]34C[C@@H]5O[C@H]6[C@@H](O3)C3O[C@H](CCC3O[C@H]6C5O4)CC(=O)CC3[C@H](CC4O[C@@H](CCC1O2)C[C@@H](C)C4=C)O[C@H](C[C@H](O)CN)[C@@H]3OC. The average Bonchev–Trinajstić information content (AvgIpc) is 3.79. The van der Waals surface area contributed by atoms with Gasteiger partial charge in [-0.15, -0.1) is 0 Å². The van der Waals surface area contributed by atoms with Gasteiger partial charge in [-0.05, 0) is 62.0 Å². The zero-order valence-corrected chi connectivity index (χ0v) is 30.8. The molecule has 0 aliphatic carbocycles. The molecule has 10 fully saturated rings. The minimum atomic E-state index is -0.780. The predicted octanol–water partition coefficient (Wildman–Crippen LogP) is 3.44. The number of ketones is 1. The van der Waals surface area contributed by atoms with Gasteiger partial charge < -0.3 is 53.5 Å². The Bertz CT molecular complexity index is 1380. The monoisotopic (exact) mass is 729 g/mol. The summed E-state index contributed by atoms with van der Waals surface area (Å²) in [6.45, 7) is 11.3. The van der Waals surface area contributed by atoms with E-state index in [0.29, 0.717) is 25.7 Å². The van der Waals surface area contributed by atoms with Crippen molar-refractivity contribution in [1.29, 1.82) is 0 Å². The second-order valence-corrected chi connectivity index (χ2v) is 17.4. The normalized spacial score (nSPS) is 52.4. The highest BCUT2D eigenvalue weighted by Gasteiger charge is 2.68. The van der Waals surface area contributed by atoms with Gasteiger partial charge in [-0.2, -0.15) is 0 Å². The van der Waals surface area contributed by atoms with Crippen molar-refractivity contribution in [3.05, 3.63) is 24.3 Å². The molecule has 12 nitrogen and oxygen atoms in total. The van der Waals surface area contributed by atoms with Crippen molar-refractivity contribution in [2.24, 2.45) is 17.6 Å². The first-order valence-electron chi connectivity index (χ1n) is 20.2. The first-order valence-corrected chi connectivity index (χ1v) is 20.2. The van der Waals surface area contributed by atoms with Crippen molar-refractivity contribution in [2.45, 2.75) is 194 Å². The molecule has 0 radical (unpaired) electrons. The van der Waals surface area contributed by atoms with Crippen molar-refractivity contribution in [3.63, 3.8) is 0 Å². The number of methoxy groups -OCH3 is 1. The number of hydrogen-bond acceptors (Lipinski definition) is 12. The van der Waals surface area contributed by atoms with E-state index < -0.39 is 18.0 Å². The second kappa shape index (κ2) is 14.3. The molecule has 290 valence electrons. The number of ether oxygens (including phenoxy) is 9. The summed E-state index contributed by atoms with van der Waals surface area (Å²) < 4.78 is 60.0. The van der Waals surface area contributed by atoms with Crippen molar-refractivity contribution >= 4 is 5.78 Å². The smallest absolute Gasteiger partial charge is 0.172 e. The molecule has 10 saturated heterocycles. The summed E-state index contributed by atoms with van der Waals surface area (Å²) in [5.41, 5.74) is 8.01. The minimum Gasteiger partial charge on any atom is -0.392 e. The van der Waals surface area contributed by atoms with Crippen molar-refractivity contribution in [2.75, 3.05) is 13.7 Å². The van der Waals surface area contributed by atoms with Crippen LogP contribution in [-0.4, -0.2) is 128 Å². The maximum absolute atomic E-state index is 14.1. The molecule has 10 rings (SSSR count). The van der Waals surface area contributed by atoms with Crippen molar-refractivity contribution in [3.8, 4) is 0 Å². The molecule has 0 saturated carbocycles. The lowest BCUT2D eigenvalue weighted by atomic mass is 9.81. The quantitative estimate of drug-likeness (QED) is 0.409. The largest absolute Gasteiger partial charge is 0.392 e. The third kappa shape index (κ3) is 6.59. The number of hydrogen-bond donors (Lipinski definition) is 2. The van der Waals surface area contributed by atoms with Gasteiger partial charge in [0.05, 0.1) is 67.1 Å². The van der Waals surface area contributed by atoms with Crippen LogP contribution in [0.3, 0.4) is 0 Å². The molecule has 6 unspecified atom stereocenters. The van der Waals surface area contributed by atoms with Crippen molar-refractivity contribution in [1.82, 2.24) is 0 Å². The molecule has 0 aromatic carbocycles. The molecule has 10 heterocycles. The Morgan fingerprint density at radius 2 is 1.56 bits per heavy atom. The second-order valence-electron chi connectivity index (χ2n) is 17.4. The molecule has 0 aromatic rings. The van der Waals surface area contributed by atoms with Crippen LogP contribution in [0.4, 0.5) is 0 Å². The van der Waals surface area contributed by atoms with E-state index in [-0.39, 0.29) is 122 Å². The van der Waals surface area contributed by atoms with E-state index in [2.05, 4.69) is 20.1 Å². The van der Waals surface area contributed by atoms with Crippen LogP contribution in [0.5, 0.6) is 0 Å². The number of rotatable bonds is 4. The van der Waals surface area contributed by atoms with E-state index in [4.69, 9.17) is 48.4 Å². The van der Waals surface area contributed by atoms with Gasteiger partial charge in [0.25, 0.3) is 0 Å². The van der Waals surface area contributed by atoms with Crippen LogP contribution in [0.25, 0.3) is 0 Å². The Balaban J connectivity index is 0.994. The summed E-state index contributed by atoms with van der Waals surface area (Å²) >= 11 is 0. The van der Waals surface area contributed by atoms with Gasteiger partial charge >= 0.3 is 0 Å². The number of carbonyl (C=O) groups is 1. The van der Waals surface area contributed by atoms with E-state index in [9.17, 15) is 9.90 Å². The maximum Gasteiger partial charge on any atom is 0.172 e. The molecule has 12 bridgehead atoms.